The molecule has 8 heteroatoms. The lowest BCUT2D eigenvalue weighted by Crippen LogP contribution is -2.33. The van der Waals surface area contributed by atoms with Crippen LogP contribution in [-0.4, -0.2) is 34.6 Å². The molecule has 4 aromatic rings. The average Bonchev–Trinajstić information content (AvgIpc) is 3.18. The Morgan fingerprint density at radius 3 is 1.50 bits per heavy atom. The van der Waals surface area contributed by atoms with Gasteiger partial charge in [-0.2, -0.15) is 0 Å². The third-order valence-corrected chi connectivity index (χ3v) is 10.3. The molecule has 0 spiro atoms. The number of nitrogens with one attached hydrogen (secondary N) is 2. The number of allylic oxidation sites excluding steroid dienone is 1. The van der Waals surface area contributed by atoms with Crippen LogP contribution in [0.4, 0.5) is 22.7 Å². The Bertz CT molecular complexity index is 2090. The van der Waals surface area contributed by atoms with Gasteiger partial charge in [0, 0.05) is 11.3 Å². The van der Waals surface area contributed by atoms with Gasteiger partial charge in [-0.3, -0.25) is 4.99 Å². The summed E-state index contributed by atoms with van der Waals surface area (Å²) >= 11 is 0. The van der Waals surface area contributed by atoms with Crippen LogP contribution in [0, 0.1) is 0 Å². The van der Waals surface area contributed by atoms with Gasteiger partial charge < -0.3 is 20.1 Å². The van der Waals surface area contributed by atoms with E-state index in [1.54, 1.807) is 0 Å². The van der Waals surface area contributed by atoms with Crippen molar-refractivity contribution < 1.29 is 19.1 Å². The molecule has 0 atom stereocenters. The zero-order valence-electron chi connectivity index (χ0n) is 32.7. The Hall–Kier alpha value is -5.76. The molecule has 280 valence electrons. The summed E-state index contributed by atoms with van der Waals surface area (Å²) in [6.07, 6.45) is 2.58. The van der Waals surface area contributed by atoms with Gasteiger partial charge in [0.25, 0.3) is 0 Å². The molecule has 5 rings (SSSR count). The van der Waals surface area contributed by atoms with E-state index in [1.165, 1.54) is 0 Å². The fourth-order valence-electron chi connectivity index (χ4n) is 6.05. The van der Waals surface area contributed by atoms with Crippen molar-refractivity contribution in [2.45, 2.75) is 92.3 Å². The highest BCUT2D eigenvalue weighted by Gasteiger charge is 2.33. The van der Waals surface area contributed by atoms with Gasteiger partial charge in [-0.1, -0.05) is 113 Å². The van der Waals surface area contributed by atoms with E-state index < -0.39 is 23.1 Å². The molecule has 1 aliphatic heterocycles. The van der Waals surface area contributed by atoms with Gasteiger partial charge in [0.2, 0.25) is 0 Å². The number of para-hydroxylation sites is 4. The van der Waals surface area contributed by atoms with Crippen LogP contribution in [0.3, 0.4) is 0 Å². The third kappa shape index (κ3) is 9.05. The van der Waals surface area contributed by atoms with Gasteiger partial charge in [0.15, 0.2) is 0 Å². The molecular weight excluding hydrogens is 673 g/mol. The highest BCUT2D eigenvalue weighted by atomic mass is 16.6. The second-order valence-electron chi connectivity index (χ2n) is 14.0. The van der Waals surface area contributed by atoms with Crippen molar-refractivity contribution in [3.05, 3.63) is 137 Å². The molecule has 54 heavy (non-hydrogen) atoms. The summed E-state index contributed by atoms with van der Waals surface area (Å²) in [6, 6.07) is 34.4. The van der Waals surface area contributed by atoms with Crippen molar-refractivity contribution >= 4 is 51.8 Å². The number of rotatable bonds is 10. The van der Waals surface area contributed by atoms with Gasteiger partial charge in [-0.15, -0.1) is 0 Å². The molecule has 1 aliphatic rings. The van der Waals surface area contributed by atoms with Crippen molar-refractivity contribution in [1.29, 1.82) is 0 Å². The fraction of sp³-hybridized carbons (Fsp3) is 0.304. The fourth-order valence-corrected chi connectivity index (χ4v) is 6.05. The predicted molar refractivity (Wildman–Crippen MR) is 222 cm³/mol. The highest BCUT2D eigenvalue weighted by Crippen LogP contribution is 2.36. The molecule has 0 aliphatic carbocycles. The Balaban J connectivity index is 1.89. The Morgan fingerprint density at radius 2 is 0.981 bits per heavy atom. The van der Waals surface area contributed by atoms with Gasteiger partial charge in [0.05, 0.1) is 39.9 Å². The first-order chi connectivity index (χ1) is 25.9. The lowest BCUT2D eigenvalue weighted by atomic mass is 9.97. The summed E-state index contributed by atoms with van der Waals surface area (Å²) < 4.78 is 12.6. The maximum Gasteiger partial charge on any atom is 0.342 e. The Morgan fingerprint density at radius 1 is 0.556 bits per heavy atom. The molecule has 0 saturated heterocycles. The summed E-state index contributed by atoms with van der Waals surface area (Å²) in [6.45, 7) is 15.6. The van der Waals surface area contributed by atoms with E-state index in [-0.39, 0.29) is 0 Å². The first-order valence-corrected chi connectivity index (χ1v) is 18.8. The summed E-state index contributed by atoms with van der Waals surface area (Å²) in [4.78, 5) is 39.5. The molecule has 4 aromatic carbocycles. The third-order valence-electron chi connectivity index (χ3n) is 10.3. The SMILES string of the molecule is CCC(C)(CC)OC(=O)/C1=C(/C)Nc2ccccc2N=C(C)/C(C(=O)OC(C)(CC)CC)=C(\c2ccccc2)Nc2ccccc2N=C1c1ccccc1. The molecule has 1 heterocycles. The lowest BCUT2D eigenvalue weighted by molar-refractivity contribution is -0.154. The topological polar surface area (TPSA) is 101 Å². The molecule has 0 fully saturated rings. The summed E-state index contributed by atoms with van der Waals surface area (Å²) in [5.41, 5.74) is 4.96. The number of hydrogen-bond acceptors (Lipinski definition) is 8. The summed E-state index contributed by atoms with van der Waals surface area (Å²) in [5, 5.41) is 7.10. The number of benzene rings is 4. The summed E-state index contributed by atoms with van der Waals surface area (Å²) in [5.74, 6) is -0.985. The minimum absolute atomic E-state index is 0.290. The van der Waals surface area contributed by atoms with E-state index in [0.717, 1.165) is 11.1 Å². The molecular formula is C46H52N4O4. The zero-order chi connectivity index (χ0) is 38.9. The summed E-state index contributed by atoms with van der Waals surface area (Å²) in [7, 11) is 0. The van der Waals surface area contributed by atoms with Gasteiger partial charge in [0.1, 0.15) is 22.3 Å². The van der Waals surface area contributed by atoms with Crippen LogP contribution < -0.4 is 10.6 Å². The quantitative estimate of drug-likeness (QED) is 0.158. The maximum atomic E-state index is 14.6. The first kappa shape index (κ1) is 39.4. The number of anilines is 2. The van der Waals surface area contributed by atoms with Crippen molar-refractivity contribution in [3.63, 3.8) is 0 Å². The number of carbonyl (C=O) groups is 2. The highest BCUT2D eigenvalue weighted by molar-refractivity contribution is 6.29. The van der Waals surface area contributed by atoms with Crippen LogP contribution >= 0.6 is 0 Å². The number of carbonyl (C=O) groups excluding carboxylic acids is 2. The minimum atomic E-state index is -0.684. The second kappa shape index (κ2) is 17.4. The second-order valence-corrected chi connectivity index (χ2v) is 14.0. The molecule has 0 saturated carbocycles. The number of nitrogens with zero attached hydrogens (tertiary/aromatic N) is 2. The van der Waals surface area contributed by atoms with Crippen LogP contribution in [0.2, 0.25) is 0 Å². The number of ether oxygens (including phenoxy) is 2. The number of aliphatic imine (C=N–C) groups is 2. The van der Waals surface area contributed by atoms with Crippen LogP contribution in [0.25, 0.3) is 5.70 Å². The van der Waals surface area contributed by atoms with Gasteiger partial charge >= 0.3 is 11.9 Å². The standard InChI is InChI=1S/C46H52N4O4/c1-9-45(7,10-2)53-43(51)39-31(5)47-35-27-19-20-28-36(35)48-32(6)40(44(52)54-46(8,11-3)12-4)42(34-25-17-14-18-26-34)50-38-30-22-21-29-37(38)49-41(39)33-23-15-13-16-24-33/h13-30,47,50H,9-12H2,1-8H3/b39-31-,42-40-,48-32?,49-41?. The molecule has 2 N–H and O–H groups in total. The van der Waals surface area contributed by atoms with Crippen LogP contribution in [0.5, 0.6) is 0 Å². The number of esters is 2. The Labute approximate surface area is 320 Å². The first-order valence-electron chi connectivity index (χ1n) is 18.8. The normalized spacial score (nSPS) is 16.7. The number of fused-ring (bicyclic) bond motifs is 2. The molecule has 8 nitrogen and oxygen atoms in total. The van der Waals surface area contributed by atoms with Gasteiger partial charge in [-0.25, -0.2) is 14.6 Å². The Kier molecular flexibility index (Phi) is 12.7. The van der Waals surface area contributed by atoms with Crippen LogP contribution in [-0.2, 0) is 19.1 Å². The molecule has 0 radical (unpaired) electrons. The van der Waals surface area contributed by atoms with Crippen molar-refractivity contribution in [2.24, 2.45) is 9.98 Å². The van der Waals surface area contributed by atoms with E-state index in [4.69, 9.17) is 19.5 Å². The van der Waals surface area contributed by atoms with Crippen molar-refractivity contribution in [1.82, 2.24) is 0 Å². The van der Waals surface area contributed by atoms with E-state index in [0.29, 0.717) is 82.4 Å². The molecule has 0 aromatic heterocycles. The van der Waals surface area contributed by atoms with Crippen molar-refractivity contribution in [3.8, 4) is 0 Å². The smallest absolute Gasteiger partial charge is 0.342 e. The largest absolute Gasteiger partial charge is 0.456 e. The van der Waals surface area contributed by atoms with Crippen molar-refractivity contribution in [2.75, 3.05) is 10.6 Å². The lowest BCUT2D eigenvalue weighted by Gasteiger charge is -2.29. The number of hydrogen-bond donors (Lipinski definition) is 2. The molecule has 0 unspecified atom stereocenters. The zero-order valence-corrected chi connectivity index (χ0v) is 32.7. The maximum absolute atomic E-state index is 14.6. The van der Waals surface area contributed by atoms with Crippen LogP contribution in [0.1, 0.15) is 92.2 Å². The molecule has 0 bridgehead atoms. The van der Waals surface area contributed by atoms with Gasteiger partial charge in [-0.05, 0) is 83.2 Å². The minimum Gasteiger partial charge on any atom is -0.456 e. The van der Waals surface area contributed by atoms with Crippen LogP contribution in [0.15, 0.2) is 136 Å². The monoisotopic (exact) mass is 724 g/mol. The average molecular weight is 725 g/mol. The van der Waals surface area contributed by atoms with E-state index in [2.05, 4.69) is 10.6 Å². The van der Waals surface area contributed by atoms with E-state index >= 15 is 0 Å². The molecule has 0 amide bonds. The van der Waals surface area contributed by atoms with E-state index in [9.17, 15) is 9.59 Å². The van der Waals surface area contributed by atoms with E-state index in [1.807, 2.05) is 165 Å². The predicted octanol–water partition coefficient (Wildman–Crippen LogP) is 11.4.